The molecule has 0 atom stereocenters. The minimum Gasteiger partial charge on any atom is -0.449 e. The topological polar surface area (TPSA) is 0 Å². The molecule has 0 unspecified atom stereocenters. The van der Waals surface area contributed by atoms with Gasteiger partial charge < -0.3 is 12.9 Å². The highest BCUT2D eigenvalue weighted by Crippen LogP contribution is 2.23. The van der Waals surface area contributed by atoms with Gasteiger partial charge in [-0.25, -0.2) is 0 Å². The van der Waals surface area contributed by atoms with E-state index in [9.17, 15) is 12.9 Å². The highest BCUT2D eigenvalue weighted by Gasteiger charge is 2.23. The lowest BCUT2D eigenvalue weighted by atomic mass is 9.81. The molecule has 0 amide bonds. The minimum absolute atomic E-state index is 0.239. The van der Waals surface area contributed by atoms with Crippen LogP contribution < -0.4 is 0 Å². The summed E-state index contributed by atoms with van der Waals surface area (Å²) in [7, 11) is -1.55. The fourth-order valence-corrected chi connectivity index (χ4v) is 2.32. The SMILES string of the molecule is Cc1c(S)cc(C[B-](F)(F)F)cc1C#C[Si](C)(C)C. The molecular formula is C13H17BF3SSi-. The Kier molecular flexibility index (Phi) is 4.86. The predicted molar refractivity (Wildman–Crippen MR) is 81.4 cm³/mol. The van der Waals surface area contributed by atoms with Crippen molar-refractivity contribution in [3.63, 3.8) is 0 Å². The Morgan fingerprint density at radius 3 is 2.26 bits per heavy atom. The van der Waals surface area contributed by atoms with Gasteiger partial charge in [0.15, 0.2) is 0 Å². The number of halogens is 3. The van der Waals surface area contributed by atoms with E-state index >= 15 is 0 Å². The van der Waals surface area contributed by atoms with Gasteiger partial charge >= 0.3 is 6.98 Å². The third kappa shape index (κ3) is 5.79. The van der Waals surface area contributed by atoms with Crippen molar-refractivity contribution < 1.29 is 12.9 Å². The van der Waals surface area contributed by atoms with E-state index in [-0.39, 0.29) is 5.56 Å². The van der Waals surface area contributed by atoms with Gasteiger partial charge in [0.2, 0.25) is 0 Å². The quantitative estimate of drug-likeness (QED) is 0.466. The molecular weight excluding hydrogens is 284 g/mol. The molecule has 0 heterocycles. The number of benzene rings is 1. The normalized spacial score (nSPS) is 12.0. The molecule has 0 aliphatic rings. The Morgan fingerprint density at radius 2 is 1.79 bits per heavy atom. The van der Waals surface area contributed by atoms with Crippen molar-refractivity contribution in [2.75, 3.05) is 0 Å². The summed E-state index contributed by atoms with van der Waals surface area (Å²) in [5.41, 5.74) is 4.91. The smallest absolute Gasteiger partial charge is 0.449 e. The average Bonchev–Trinajstić information content (AvgIpc) is 2.17. The Hall–Kier alpha value is -0.798. The maximum Gasteiger partial charge on any atom is 0.482 e. The van der Waals surface area contributed by atoms with Crippen LogP contribution in [0.3, 0.4) is 0 Å². The van der Waals surface area contributed by atoms with Crippen LogP contribution in [0.25, 0.3) is 0 Å². The molecule has 19 heavy (non-hydrogen) atoms. The molecule has 0 N–H and O–H groups in total. The van der Waals surface area contributed by atoms with Crippen molar-refractivity contribution in [3.8, 4) is 11.5 Å². The van der Waals surface area contributed by atoms with Crippen molar-refractivity contribution in [1.29, 1.82) is 0 Å². The second-order valence-corrected chi connectivity index (χ2v) is 10.9. The van der Waals surface area contributed by atoms with Gasteiger partial charge in [0, 0.05) is 10.5 Å². The summed E-state index contributed by atoms with van der Waals surface area (Å²) in [4.78, 5) is 0.567. The van der Waals surface area contributed by atoms with Gasteiger partial charge in [0.25, 0.3) is 0 Å². The van der Waals surface area contributed by atoms with E-state index in [4.69, 9.17) is 0 Å². The Bertz CT molecular complexity index is 536. The van der Waals surface area contributed by atoms with Crippen LogP contribution in [0.15, 0.2) is 17.0 Å². The van der Waals surface area contributed by atoms with Gasteiger partial charge in [-0.05, 0) is 24.6 Å². The number of thiol groups is 1. The lowest BCUT2D eigenvalue weighted by Gasteiger charge is -2.15. The molecule has 1 rings (SSSR count). The average molecular weight is 301 g/mol. The summed E-state index contributed by atoms with van der Waals surface area (Å²) >= 11 is 4.24. The second-order valence-electron chi connectivity index (χ2n) is 5.70. The highest BCUT2D eigenvalue weighted by atomic mass is 32.1. The van der Waals surface area contributed by atoms with Gasteiger partial charge in [-0.15, -0.1) is 18.2 Å². The van der Waals surface area contributed by atoms with Crippen LogP contribution in [0, 0.1) is 18.4 Å². The zero-order valence-corrected chi connectivity index (χ0v) is 13.4. The minimum atomic E-state index is -4.83. The van der Waals surface area contributed by atoms with Crippen LogP contribution >= 0.6 is 12.6 Å². The van der Waals surface area contributed by atoms with Crippen LogP contribution in [-0.2, 0) is 6.32 Å². The molecule has 0 saturated heterocycles. The lowest BCUT2D eigenvalue weighted by Crippen LogP contribution is -2.19. The van der Waals surface area contributed by atoms with Crippen molar-refractivity contribution >= 4 is 27.7 Å². The Morgan fingerprint density at radius 1 is 1.21 bits per heavy atom. The summed E-state index contributed by atoms with van der Waals surface area (Å²) in [6.45, 7) is 3.29. The molecule has 1 aromatic carbocycles. The molecule has 0 aliphatic heterocycles. The molecule has 104 valence electrons. The van der Waals surface area contributed by atoms with E-state index in [0.29, 0.717) is 10.5 Å². The summed E-state index contributed by atoms with van der Waals surface area (Å²) < 4.78 is 37.5. The number of hydrogen-bond acceptors (Lipinski definition) is 1. The molecule has 6 heteroatoms. The van der Waals surface area contributed by atoms with Crippen molar-refractivity contribution in [2.24, 2.45) is 0 Å². The third-order valence-corrected chi connectivity index (χ3v) is 3.82. The van der Waals surface area contributed by atoms with Crippen LogP contribution in [0.1, 0.15) is 16.7 Å². The molecule has 0 nitrogen and oxygen atoms in total. The summed E-state index contributed by atoms with van der Waals surface area (Å²) in [6, 6.07) is 3.02. The first-order chi connectivity index (χ1) is 8.48. The van der Waals surface area contributed by atoms with Crippen LogP contribution in [0.4, 0.5) is 12.9 Å². The van der Waals surface area contributed by atoms with Crippen LogP contribution in [0.5, 0.6) is 0 Å². The summed E-state index contributed by atoms with van der Waals surface area (Å²) in [6.07, 6.45) is -0.879. The van der Waals surface area contributed by atoms with Gasteiger partial charge in [0.05, 0.1) is 0 Å². The number of rotatable bonds is 2. The largest absolute Gasteiger partial charge is 0.482 e. The summed E-state index contributed by atoms with van der Waals surface area (Å²) in [5, 5.41) is 0. The van der Waals surface area contributed by atoms with Gasteiger partial charge in [0.1, 0.15) is 8.07 Å². The zero-order valence-electron chi connectivity index (χ0n) is 11.5. The first kappa shape index (κ1) is 16.3. The predicted octanol–water partition coefficient (Wildman–Crippen LogP) is 4.44. The van der Waals surface area contributed by atoms with E-state index < -0.39 is 21.4 Å². The molecule has 0 spiro atoms. The molecule has 0 aliphatic carbocycles. The van der Waals surface area contributed by atoms with Gasteiger partial charge in [-0.3, -0.25) is 0 Å². The monoisotopic (exact) mass is 301 g/mol. The Labute approximate surface area is 119 Å². The van der Waals surface area contributed by atoms with Gasteiger partial charge in [-0.1, -0.05) is 37.4 Å². The zero-order chi connectivity index (χ0) is 14.8. The first-order valence-electron chi connectivity index (χ1n) is 6.04. The molecule has 0 radical (unpaired) electrons. The van der Waals surface area contributed by atoms with E-state index in [2.05, 4.69) is 43.7 Å². The highest BCUT2D eigenvalue weighted by molar-refractivity contribution is 7.80. The van der Waals surface area contributed by atoms with Gasteiger partial charge in [-0.2, -0.15) is 0 Å². The second kappa shape index (κ2) is 5.68. The molecule has 1 aromatic rings. The first-order valence-corrected chi connectivity index (χ1v) is 9.99. The Balaban J connectivity index is 3.20. The molecule has 0 fully saturated rings. The van der Waals surface area contributed by atoms with Crippen molar-refractivity contribution in [1.82, 2.24) is 0 Å². The molecule has 0 bridgehead atoms. The summed E-state index contributed by atoms with van der Waals surface area (Å²) in [5.74, 6) is 3.02. The fourth-order valence-electron chi connectivity index (χ4n) is 1.53. The van der Waals surface area contributed by atoms with E-state index in [0.717, 1.165) is 5.56 Å². The van der Waals surface area contributed by atoms with Crippen molar-refractivity contribution in [3.05, 3.63) is 28.8 Å². The maximum absolute atomic E-state index is 12.5. The van der Waals surface area contributed by atoms with Crippen LogP contribution in [0.2, 0.25) is 19.6 Å². The molecule has 0 saturated carbocycles. The molecule has 0 aromatic heterocycles. The standard InChI is InChI=1S/C13H17BF3SSi/c1-10-12(5-6-19(2,3)4)7-11(8-13(10)18)9-14(15,16)17/h7-8,18H,9H2,1-4H3/q-1. The van der Waals surface area contributed by atoms with E-state index in [1.807, 2.05) is 6.92 Å². The van der Waals surface area contributed by atoms with Crippen LogP contribution in [-0.4, -0.2) is 15.1 Å². The van der Waals surface area contributed by atoms with Crippen molar-refractivity contribution in [2.45, 2.75) is 37.8 Å². The maximum atomic E-state index is 12.5. The number of hydrogen-bond donors (Lipinski definition) is 1. The third-order valence-electron chi connectivity index (χ3n) is 2.48. The fraction of sp³-hybridized carbons (Fsp3) is 0.385. The lowest BCUT2D eigenvalue weighted by molar-refractivity contribution is 0.468. The van der Waals surface area contributed by atoms with E-state index in [1.165, 1.54) is 12.1 Å². The van der Waals surface area contributed by atoms with E-state index in [1.54, 1.807) is 0 Å².